The van der Waals surface area contributed by atoms with Crippen molar-refractivity contribution in [3.05, 3.63) is 42.7 Å². The minimum absolute atomic E-state index is 0.0505. The van der Waals surface area contributed by atoms with E-state index in [-0.39, 0.29) is 22.5 Å². The molecule has 6 unspecified atom stereocenters. The third kappa shape index (κ3) is 6.65. The number of phosphoric ester groups is 2. The van der Waals surface area contributed by atoms with Crippen molar-refractivity contribution < 1.29 is 71.5 Å². The van der Waals surface area contributed by atoms with E-state index in [1.165, 1.54) is 40.0 Å². The molecule has 2 saturated heterocycles. The molecule has 3 aromatic heterocycles. The number of primary amides is 1. The van der Waals surface area contributed by atoms with E-state index in [4.69, 9.17) is 25.5 Å². The zero-order valence-corrected chi connectivity index (χ0v) is 24.0. The molecule has 3 aromatic rings. The van der Waals surface area contributed by atoms with Gasteiger partial charge in [0.15, 0.2) is 36.2 Å². The van der Waals surface area contributed by atoms with E-state index in [9.17, 15) is 44.1 Å². The highest BCUT2D eigenvalue weighted by Gasteiger charge is 2.50. The van der Waals surface area contributed by atoms with Crippen LogP contribution in [0.2, 0.25) is 0 Å². The Balaban J connectivity index is 1.16. The number of anilines is 1. The lowest BCUT2D eigenvalue weighted by Gasteiger charge is -2.20. The van der Waals surface area contributed by atoms with Crippen LogP contribution in [-0.4, -0.2) is 105 Å². The number of rotatable bonds is 11. The Bertz CT molecular complexity index is 1630. The number of hydrogen-bond acceptors (Lipinski definition) is 16. The number of aliphatic hydroxyl groups is 4. The molecule has 10 N–H and O–H groups in total. The predicted molar refractivity (Wildman–Crippen MR) is 139 cm³/mol. The Morgan fingerprint density at radius 2 is 1.61 bits per heavy atom. The summed E-state index contributed by atoms with van der Waals surface area (Å²) in [6.45, 7) is -1.80. The summed E-state index contributed by atoms with van der Waals surface area (Å²) in [5.74, 6) is -0.714. The van der Waals surface area contributed by atoms with Gasteiger partial charge >= 0.3 is 15.6 Å². The van der Waals surface area contributed by atoms with Gasteiger partial charge < -0.3 is 51.2 Å². The molecule has 44 heavy (non-hydrogen) atoms. The fourth-order valence-corrected chi connectivity index (χ4v) is 6.67. The van der Waals surface area contributed by atoms with Crippen molar-refractivity contribution >= 4 is 38.5 Å². The summed E-state index contributed by atoms with van der Waals surface area (Å²) < 4.78 is 52.0. The number of ether oxygens (including phenoxy) is 2. The molecule has 2 aliphatic rings. The zero-order valence-electron chi connectivity index (χ0n) is 22.2. The largest absolute Gasteiger partial charge is 0.481 e. The van der Waals surface area contributed by atoms with Crippen LogP contribution in [-0.2, 0) is 32.0 Å². The van der Waals surface area contributed by atoms with E-state index in [0.717, 1.165) is 6.33 Å². The second kappa shape index (κ2) is 12.4. The van der Waals surface area contributed by atoms with Crippen LogP contribution in [0.4, 0.5) is 5.82 Å². The van der Waals surface area contributed by atoms with Gasteiger partial charge in [0.1, 0.15) is 47.9 Å². The van der Waals surface area contributed by atoms with E-state index in [0.29, 0.717) is 0 Å². The molecule has 0 aromatic carbocycles. The van der Waals surface area contributed by atoms with Crippen LogP contribution in [0.1, 0.15) is 22.8 Å². The molecule has 240 valence electrons. The van der Waals surface area contributed by atoms with Crippen LogP contribution in [0.15, 0.2) is 37.2 Å². The number of fused-ring (bicyclic) bond motifs is 1. The van der Waals surface area contributed by atoms with Gasteiger partial charge in [-0.1, -0.05) is 0 Å². The molecular formula is C21H28N7O14P2+. The van der Waals surface area contributed by atoms with Crippen molar-refractivity contribution in [2.24, 2.45) is 5.73 Å². The van der Waals surface area contributed by atoms with Crippen molar-refractivity contribution in [3.8, 4) is 0 Å². The second-order valence-corrected chi connectivity index (χ2v) is 12.7. The van der Waals surface area contributed by atoms with Gasteiger partial charge in [-0.2, -0.15) is 8.88 Å². The number of aromatic nitrogens is 5. The summed E-state index contributed by atoms with van der Waals surface area (Å²) in [7, 11) is -10.7. The van der Waals surface area contributed by atoms with E-state index < -0.39 is 83.8 Å². The van der Waals surface area contributed by atoms with E-state index in [2.05, 4.69) is 23.8 Å². The number of nitrogens with two attached hydrogens (primary N) is 2. The molecule has 21 nitrogen and oxygen atoms in total. The number of imidazole rings is 1. The predicted octanol–water partition coefficient (Wildman–Crippen LogP) is -3.02. The van der Waals surface area contributed by atoms with Gasteiger partial charge in [0, 0.05) is 6.07 Å². The van der Waals surface area contributed by atoms with Gasteiger partial charge in [-0.3, -0.25) is 18.4 Å². The maximum Gasteiger partial charge on any atom is 0.481 e. The van der Waals surface area contributed by atoms with Crippen molar-refractivity contribution in [3.63, 3.8) is 0 Å². The molecule has 5 rings (SSSR count). The fraction of sp³-hybridized carbons (Fsp3) is 0.476. The second-order valence-electron chi connectivity index (χ2n) is 9.69. The number of phosphoric acid groups is 2. The van der Waals surface area contributed by atoms with Gasteiger partial charge in [0.05, 0.1) is 19.5 Å². The topological polar surface area (TPSA) is 318 Å². The lowest BCUT2D eigenvalue weighted by molar-refractivity contribution is -0.765. The van der Waals surface area contributed by atoms with E-state index >= 15 is 0 Å². The van der Waals surface area contributed by atoms with Gasteiger partial charge in [-0.15, -0.1) is 0 Å². The van der Waals surface area contributed by atoms with Crippen molar-refractivity contribution in [2.75, 3.05) is 18.9 Å². The van der Waals surface area contributed by atoms with Gasteiger partial charge in [0.2, 0.25) is 0 Å². The third-order valence-corrected chi connectivity index (χ3v) is 9.35. The first-order valence-corrected chi connectivity index (χ1v) is 15.6. The number of hydrogen-bond donors (Lipinski definition) is 8. The van der Waals surface area contributed by atoms with Crippen molar-refractivity contribution in [2.45, 2.75) is 49.1 Å². The number of pyridine rings is 1. The number of nitrogen functional groups attached to an aromatic ring is 1. The summed E-state index contributed by atoms with van der Waals surface area (Å²) in [5.41, 5.74) is 11.4. The standard InChI is InChI=1S/C21H27N7O14P2/c22-17-12-19(25-7-24-17)28(8-26-12)21-16(32)14(30)11(41-21)6-39-44(36,37)42-43(34,35)38-5-10-13(29)15(31)20(40-10)27-3-1-2-9(4-27)18(23)33/h1-4,7-8,10-11,13-16,20-21,29-32H,5-6H2,(H5-,22,23,24,25,33,34,35,36,37)/p+1/t10-,11-,13?,14?,15?,16?,20-,21-/m1/s1. The molecule has 2 fully saturated rings. The average molecular weight is 664 g/mol. The molecule has 23 heteroatoms. The highest BCUT2D eigenvalue weighted by Crippen LogP contribution is 2.60. The summed E-state index contributed by atoms with van der Waals surface area (Å²) in [6.07, 6.45) is -6.85. The minimum Gasteiger partial charge on any atom is -0.387 e. The molecule has 1 amide bonds. The highest BCUT2D eigenvalue weighted by atomic mass is 31.3. The molecule has 0 radical (unpaired) electrons. The Morgan fingerprint density at radius 3 is 2.27 bits per heavy atom. The van der Waals surface area contributed by atoms with Crippen LogP contribution in [0, 0.1) is 0 Å². The van der Waals surface area contributed by atoms with Crippen LogP contribution in [0.5, 0.6) is 0 Å². The summed E-state index contributed by atoms with van der Waals surface area (Å²) in [4.78, 5) is 43.3. The normalized spacial score (nSPS) is 31.6. The molecular weight excluding hydrogens is 636 g/mol. The van der Waals surface area contributed by atoms with Gasteiger partial charge in [0.25, 0.3) is 12.1 Å². The first-order chi connectivity index (χ1) is 20.7. The van der Waals surface area contributed by atoms with Gasteiger partial charge in [-0.25, -0.2) is 24.1 Å². The molecule has 0 saturated carbocycles. The van der Waals surface area contributed by atoms with Crippen molar-refractivity contribution in [1.82, 2.24) is 19.5 Å². The molecule has 0 bridgehead atoms. The van der Waals surface area contributed by atoms with Crippen LogP contribution < -0.4 is 16.0 Å². The lowest BCUT2D eigenvalue weighted by atomic mass is 10.1. The van der Waals surface area contributed by atoms with Crippen LogP contribution in [0.3, 0.4) is 0 Å². The Morgan fingerprint density at radius 1 is 0.977 bits per heavy atom. The third-order valence-electron chi connectivity index (χ3n) is 6.75. The smallest absolute Gasteiger partial charge is 0.387 e. The monoisotopic (exact) mass is 664 g/mol. The summed E-state index contributed by atoms with van der Waals surface area (Å²) >= 11 is 0. The number of carbonyl (C=O) groups excluding carboxylic acids is 1. The molecule has 10 atom stereocenters. The van der Waals surface area contributed by atoms with E-state index in [1.807, 2.05) is 0 Å². The first-order valence-electron chi connectivity index (χ1n) is 12.6. The zero-order chi connectivity index (χ0) is 32.0. The maximum absolute atomic E-state index is 12.4. The summed E-state index contributed by atoms with van der Waals surface area (Å²) in [5, 5.41) is 41.6. The molecule has 2 aliphatic heterocycles. The lowest BCUT2D eigenvalue weighted by Crippen LogP contribution is -2.46. The van der Waals surface area contributed by atoms with E-state index in [1.54, 1.807) is 0 Å². The summed E-state index contributed by atoms with van der Waals surface area (Å²) in [6, 6.07) is 2.83. The quantitative estimate of drug-likeness (QED) is 0.0747. The number of aliphatic hydroxyl groups excluding tert-OH is 4. The molecule has 0 aliphatic carbocycles. The minimum atomic E-state index is -5.37. The average Bonchev–Trinajstić information content (AvgIpc) is 3.61. The number of nitrogens with zero attached hydrogens (tertiary/aromatic N) is 5. The highest BCUT2D eigenvalue weighted by molar-refractivity contribution is 7.61. The molecule has 5 heterocycles. The first kappa shape index (κ1) is 32.4. The number of carbonyl (C=O) groups is 1. The Kier molecular flexibility index (Phi) is 9.13. The van der Waals surface area contributed by atoms with Gasteiger partial charge in [-0.05, 0) is 6.07 Å². The molecule has 0 spiro atoms. The maximum atomic E-state index is 12.4. The van der Waals surface area contributed by atoms with Crippen molar-refractivity contribution in [1.29, 1.82) is 0 Å². The van der Waals surface area contributed by atoms with Crippen LogP contribution in [0.25, 0.3) is 11.2 Å². The fourth-order valence-electron chi connectivity index (χ4n) is 4.58. The number of amides is 1. The Hall–Kier alpha value is -3.01. The SMILES string of the molecule is NC(=O)c1ccc[n+]([C@@H]2O[C@H](COP(=O)(O)OP(=O)(O)OC[C@H]3O[C@@H](n4cnc5c(N)ncnc54)C(O)C3O)C(O)C2O)c1. The van der Waals surface area contributed by atoms with Crippen LogP contribution >= 0.6 is 15.6 Å². The Labute approximate surface area is 246 Å².